The number of likely N-dealkylation sites (N-methyl/N-ethyl adjacent to an activating group) is 2. The van der Waals surface area contributed by atoms with Gasteiger partial charge in [-0.2, -0.15) is 0 Å². The predicted molar refractivity (Wildman–Crippen MR) is 107 cm³/mol. The molecule has 0 saturated carbocycles. The van der Waals surface area contributed by atoms with Crippen molar-refractivity contribution in [1.29, 1.82) is 0 Å². The van der Waals surface area contributed by atoms with Gasteiger partial charge in [0.1, 0.15) is 0 Å². The first-order valence-electron chi connectivity index (χ1n) is 10.0. The number of rotatable bonds is 4. The van der Waals surface area contributed by atoms with Crippen molar-refractivity contribution in [3.05, 3.63) is 35.9 Å². The molecule has 0 aromatic heterocycles. The van der Waals surface area contributed by atoms with E-state index < -0.39 is 12.2 Å². The van der Waals surface area contributed by atoms with Gasteiger partial charge in [-0.05, 0) is 18.5 Å². The summed E-state index contributed by atoms with van der Waals surface area (Å²) in [5.74, 6) is 0.588. The summed E-state index contributed by atoms with van der Waals surface area (Å²) in [6.45, 7) is 7.64. The minimum atomic E-state index is -0.467. The van der Waals surface area contributed by atoms with Crippen LogP contribution in [-0.4, -0.2) is 96.0 Å². The Labute approximate surface area is 165 Å². The zero-order valence-corrected chi connectivity index (χ0v) is 16.5. The van der Waals surface area contributed by atoms with Crippen LogP contribution in [-0.2, 0) is 11.2 Å². The van der Waals surface area contributed by atoms with E-state index in [1.165, 1.54) is 10.5 Å². The molecule has 0 spiro atoms. The van der Waals surface area contributed by atoms with E-state index in [0.717, 1.165) is 45.1 Å². The predicted octanol–water partition coefficient (Wildman–Crippen LogP) is 0.415. The second kappa shape index (κ2) is 7.79. The van der Waals surface area contributed by atoms with E-state index in [-0.39, 0.29) is 11.9 Å². The summed E-state index contributed by atoms with van der Waals surface area (Å²) >= 11 is 0. The maximum absolute atomic E-state index is 12.7. The van der Waals surface area contributed by atoms with Gasteiger partial charge in [-0.1, -0.05) is 37.3 Å². The van der Waals surface area contributed by atoms with Crippen molar-refractivity contribution in [2.24, 2.45) is 4.99 Å². The van der Waals surface area contributed by atoms with Crippen LogP contribution in [0.2, 0.25) is 0 Å². The standard InChI is InChI=1S/C20H28N6O2/c1-3-24-11-13-25(14-12-24)19-21-17-16(18(27)22-20(28)23(17)2)26(19)10-9-15-7-5-4-6-8-15/h4-8,16-17H,3,9-14H2,1-2H3,(H,22,27,28). The molecule has 3 aliphatic heterocycles. The largest absolute Gasteiger partial charge is 0.340 e. The lowest BCUT2D eigenvalue weighted by Gasteiger charge is -2.40. The number of hydrogen-bond acceptors (Lipinski definition) is 6. The summed E-state index contributed by atoms with van der Waals surface area (Å²) in [4.78, 5) is 37.9. The first-order valence-corrected chi connectivity index (χ1v) is 10.0. The number of fused-ring (bicyclic) bond motifs is 1. The molecule has 3 aliphatic rings. The molecule has 2 unspecified atom stereocenters. The number of hydrogen-bond donors (Lipinski definition) is 1. The maximum atomic E-state index is 12.7. The molecule has 3 heterocycles. The molecule has 2 saturated heterocycles. The first-order chi connectivity index (χ1) is 13.6. The molecule has 0 aliphatic carbocycles. The maximum Gasteiger partial charge on any atom is 0.325 e. The number of urea groups is 1. The third kappa shape index (κ3) is 3.44. The van der Waals surface area contributed by atoms with Crippen LogP contribution in [0, 0.1) is 0 Å². The van der Waals surface area contributed by atoms with Crippen LogP contribution in [0.5, 0.6) is 0 Å². The van der Waals surface area contributed by atoms with Crippen LogP contribution in [0.1, 0.15) is 12.5 Å². The number of amides is 3. The normalized spacial score (nSPS) is 25.6. The van der Waals surface area contributed by atoms with Crippen LogP contribution in [0.15, 0.2) is 35.3 Å². The van der Waals surface area contributed by atoms with Crippen molar-refractivity contribution in [1.82, 2.24) is 24.9 Å². The van der Waals surface area contributed by atoms with Crippen molar-refractivity contribution in [2.45, 2.75) is 25.6 Å². The number of nitrogens with zero attached hydrogens (tertiary/aromatic N) is 5. The summed E-state index contributed by atoms with van der Waals surface area (Å²) in [6.07, 6.45) is 0.361. The van der Waals surface area contributed by atoms with Crippen molar-refractivity contribution in [3.8, 4) is 0 Å². The topological polar surface area (TPSA) is 71.5 Å². The van der Waals surface area contributed by atoms with E-state index in [1.54, 1.807) is 7.05 Å². The molecule has 28 heavy (non-hydrogen) atoms. The van der Waals surface area contributed by atoms with E-state index in [9.17, 15) is 9.59 Å². The minimum absolute atomic E-state index is 0.257. The Hall–Kier alpha value is -2.61. The average molecular weight is 384 g/mol. The second-order valence-electron chi connectivity index (χ2n) is 7.54. The Morgan fingerprint density at radius 1 is 1.11 bits per heavy atom. The summed E-state index contributed by atoms with van der Waals surface area (Å²) in [5, 5.41) is 2.47. The quantitative estimate of drug-likeness (QED) is 0.814. The van der Waals surface area contributed by atoms with Gasteiger partial charge < -0.3 is 19.6 Å². The van der Waals surface area contributed by atoms with Gasteiger partial charge in [0.15, 0.2) is 18.2 Å². The minimum Gasteiger partial charge on any atom is -0.340 e. The third-order valence-corrected chi connectivity index (χ3v) is 5.93. The number of imide groups is 1. The summed E-state index contributed by atoms with van der Waals surface area (Å²) in [6, 6.07) is 9.41. The Morgan fingerprint density at radius 2 is 1.82 bits per heavy atom. The van der Waals surface area contributed by atoms with Crippen molar-refractivity contribution < 1.29 is 9.59 Å². The van der Waals surface area contributed by atoms with Crippen LogP contribution in [0.3, 0.4) is 0 Å². The van der Waals surface area contributed by atoms with Crippen LogP contribution < -0.4 is 5.32 Å². The number of aliphatic imine (C=N–C) groups is 1. The average Bonchev–Trinajstić information content (AvgIpc) is 3.11. The Balaban J connectivity index is 1.57. The van der Waals surface area contributed by atoms with Gasteiger partial charge in [0.25, 0.3) is 5.91 Å². The lowest BCUT2D eigenvalue weighted by molar-refractivity contribution is -0.127. The third-order valence-electron chi connectivity index (χ3n) is 5.93. The van der Waals surface area contributed by atoms with E-state index in [1.807, 2.05) is 18.2 Å². The summed E-state index contributed by atoms with van der Waals surface area (Å²) < 4.78 is 0. The molecule has 8 nitrogen and oxygen atoms in total. The van der Waals surface area contributed by atoms with E-state index in [4.69, 9.17) is 4.99 Å². The molecular weight excluding hydrogens is 356 g/mol. The molecule has 2 fully saturated rings. The molecule has 8 heteroatoms. The molecule has 0 bridgehead atoms. The van der Waals surface area contributed by atoms with Crippen molar-refractivity contribution in [2.75, 3.05) is 46.3 Å². The van der Waals surface area contributed by atoms with Crippen LogP contribution in [0.4, 0.5) is 4.79 Å². The van der Waals surface area contributed by atoms with Gasteiger partial charge >= 0.3 is 6.03 Å². The summed E-state index contributed by atoms with van der Waals surface area (Å²) in [7, 11) is 1.70. The van der Waals surface area contributed by atoms with E-state index in [0.29, 0.717) is 6.54 Å². The molecule has 4 rings (SSSR count). The lowest BCUT2D eigenvalue weighted by atomic mass is 10.1. The zero-order chi connectivity index (χ0) is 19.7. The second-order valence-corrected chi connectivity index (χ2v) is 7.54. The highest BCUT2D eigenvalue weighted by molar-refractivity contribution is 6.03. The monoisotopic (exact) mass is 384 g/mol. The van der Waals surface area contributed by atoms with Gasteiger partial charge in [-0.25, -0.2) is 9.79 Å². The molecule has 150 valence electrons. The zero-order valence-electron chi connectivity index (χ0n) is 16.5. The fourth-order valence-corrected chi connectivity index (χ4v) is 4.17. The molecule has 2 atom stereocenters. The fraction of sp³-hybridized carbons (Fsp3) is 0.550. The molecule has 3 amide bonds. The van der Waals surface area contributed by atoms with E-state index >= 15 is 0 Å². The van der Waals surface area contributed by atoms with Crippen molar-refractivity contribution in [3.63, 3.8) is 0 Å². The lowest BCUT2D eigenvalue weighted by Crippen LogP contribution is -2.64. The highest BCUT2D eigenvalue weighted by Gasteiger charge is 2.49. The van der Waals surface area contributed by atoms with Gasteiger partial charge in [0.05, 0.1) is 0 Å². The van der Waals surface area contributed by atoms with Crippen LogP contribution in [0.25, 0.3) is 0 Å². The highest BCUT2D eigenvalue weighted by Crippen LogP contribution is 2.26. The number of carbonyl (C=O) groups excluding carboxylic acids is 2. The number of piperazine rings is 1. The molecule has 1 aromatic rings. The fourth-order valence-electron chi connectivity index (χ4n) is 4.17. The Kier molecular flexibility index (Phi) is 5.21. The SMILES string of the molecule is CCN1CCN(C2=NC3C(C(=O)NC(=O)N3C)N2CCc2ccccc2)CC1. The molecule has 1 N–H and O–H groups in total. The Bertz CT molecular complexity index is 759. The van der Waals surface area contributed by atoms with Gasteiger partial charge in [-0.3, -0.25) is 10.1 Å². The van der Waals surface area contributed by atoms with Gasteiger partial charge in [0, 0.05) is 39.8 Å². The van der Waals surface area contributed by atoms with Gasteiger partial charge in [-0.15, -0.1) is 0 Å². The Morgan fingerprint density at radius 3 is 2.50 bits per heavy atom. The molecule has 0 radical (unpaired) electrons. The van der Waals surface area contributed by atoms with Crippen molar-refractivity contribution >= 4 is 17.9 Å². The molecular formula is C20H28N6O2. The van der Waals surface area contributed by atoms with Crippen LogP contribution >= 0.6 is 0 Å². The highest BCUT2D eigenvalue weighted by atomic mass is 16.2. The first kappa shape index (κ1) is 18.7. The smallest absolute Gasteiger partial charge is 0.325 e. The van der Waals surface area contributed by atoms with E-state index in [2.05, 4.69) is 39.1 Å². The number of benzene rings is 1. The number of guanidine groups is 1. The number of carbonyl (C=O) groups is 2. The molecule has 1 aromatic carbocycles. The van der Waals surface area contributed by atoms with Gasteiger partial charge in [0.2, 0.25) is 0 Å². The number of nitrogens with one attached hydrogen (secondary N) is 1. The summed E-state index contributed by atoms with van der Waals surface area (Å²) in [5.41, 5.74) is 1.22.